The van der Waals surface area contributed by atoms with E-state index in [1.165, 1.54) is 11.3 Å². The third-order valence-corrected chi connectivity index (χ3v) is 4.98. The number of thiophene rings is 1. The first kappa shape index (κ1) is 12.5. The number of carbonyl (C=O) groups excluding carboxylic acids is 1. The molecule has 0 fully saturated rings. The Morgan fingerprint density at radius 2 is 2.12 bits per heavy atom. The van der Waals surface area contributed by atoms with Crippen LogP contribution in [-0.2, 0) is 10.8 Å². The molecule has 0 amide bonds. The van der Waals surface area contributed by atoms with E-state index >= 15 is 0 Å². The molecule has 88 valence electrons. The maximum atomic E-state index is 11.9. The van der Waals surface area contributed by atoms with E-state index in [-0.39, 0.29) is 11.5 Å². The van der Waals surface area contributed by atoms with Gasteiger partial charge in [-0.1, -0.05) is 29.8 Å². The van der Waals surface area contributed by atoms with Crippen molar-refractivity contribution in [2.24, 2.45) is 0 Å². The molecule has 0 radical (unpaired) electrons. The molecule has 5 heteroatoms. The van der Waals surface area contributed by atoms with E-state index < -0.39 is 10.8 Å². The first-order valence-corrected chi connectivity index (χ1v) is 7.45. The molecule has 1 unspecified atom stereocenters. The van der Waals surface area contributed by atoms with Crippen molar-refractivity contribution in [3.05, 3.63) is 52.4 Å². The molecule has 0 saturated carbocycles. The van der Waals surface area contributed by atoms with Crippen LogP contribution in [0.5, 0.6) is 0 Å². The highest BCUT2D eigenvalue weighted by Crippen LogP contribution is 2.16. The maximum Gasteiger partial charge on any atom is 0.175 e. The van der Waals surface area contributed by atoms with Crippen LogP contribution in [0.1, 0.15) is 10.4 Å². The van der Waals surface area contributed by atoms with Gasteiger partial charge in [-0.3, -0.25) is 9.00 Å². The highest BCUT2D eigenvalue weighted by molar-refractivity contribution is 7.88. The van der Waals surface area contributed by atoms with Gasteiger partial charge in [0.2, 0.25) is 0 Å². The fraction of sp³-hybridized carbons (Fsp3) is 0.0833. The van der Waals surface area contributed by atoms with Crippen LogP contribution in [0.4, 0.5) is 0 Å². The van der Waals surface area contributed by atoms with Crippen molar-refractivity contribution in [3.63, 3.8) is 0 Å². The van der Waals surface area contributed by atoms with Crippen LogP contribution in [0.25, 0.3) is 0 Å². The molecule has 0 bridgehead atoms. The van der Waals surface area contributed by atoms with E-state index in [4.69, 9.17) is 11.6 Å². The van der Waals surface area contributed by atoms with Crippen molar-refractivity contribution >= 4 is 39.5 Å². The minimum absolute atomic E-state index is 0.000849. The highest BCUT2D eigenvalue weighted by atomic mass is 35.5. The summed E-state index contributed by atoms with van der Waals surface area (Å²) < 4.78 is 12.6. The fourth-order valence-electron chi connectivity index (χ4n) is 1.33. The van der Waals surface area contributed by atoms with Crippen LogP contribution in [0, 0.1) is 0 Å². The SMILES string of the molecule is O=C(CS(=O)c1cccs1)c1cccc(Cl)c1. The minimum atomic E-state index is -1.26. The Morgan fingerprint density at radius 3 is 2.76 bits per heavy atom. The first-order valence-electron chi connectivity index (χ1n) is 4.87. The number of hydrogen-bond donors (Lipinski definition) is 0. The lowest BCUT2D eigenvalue weighted by molar-refractivity contribution is 0.102. The molecule has 0 N–H and O–H groups in total. The summed E-state index contributed by atoms with van der Waals surface area (Å²) in [6.07, 6.45) is 0. The number of rotatable bonds is 4. The van der Waals surface area contributed by atoms with Crippen molar-refractivity contribution in [2.75, 3.05) is 5.75 Å². The summed E-state index contributed by atoms with van der Waals surface area (Å²) in [5.41, 5.74) is 0.502. The van der Waals surface area contributed by atoms with Crippen LogP contribution in [0.3, 0.4) is 0 Å². The molecule has 0 spiro atoms. The molecule has 2 rings (SSSR count). The zero-order valence-electron chi connectivity index (χ0n) is 8.76. The predicted molar refractivity (Wildman–Crippen MR) is 71.4 cm³/mol. The monoisotopic (exact) mass is 284 g/mol. The van der Waals surface area contributed by atoms with Crippen LogP contribution in [0.2, 0.25) is 5.02 Å². The topological polar surface area (TPSA) is 34.1 Å². The third-order valence-electron chi connectivity index (χ3n) is 2.13. The van der Waals surface area contributed by atoms with Crippen molar-refractivity contribution < 1.29 is 9.00 Å². The fourth-order valence-corrected chi connectivity index (χ4v) is 3.52. The average Bonchev–Trinajstić information content (AvgIpc) is 2.82. The van der Waals surface area contributed by atoms with Gasteiger partial charge in [0.05, 0.1) is 20.8 Å². The van der Waals surface area contributed by atoms with E-state index in [9.17, 15) is 9.00 Å². The maximum absolute atomic E-state index is 11.9. The van der Waals surface area contributed by atoms with Crippen LogP contribution >= 0.6 is 22.9 Å². The van der Waals surface area contributed by atoms with E-state index in [1.54, 1.807) is 30.3 Å². The molecule has 0 saturated heterocycles. The van der Waals surface area contributed by atoms with Gasteiger partial charge in [0.15, 0.2) is 5.78 Å². The summed E-state index contributed by atoms with van der Waals surface area (Å²) >= 11 is 7.19. The predicted octanol–water partition coefficient (Wildman–Crippen LogP) is 3.39. The summed E-state index contributed by atoms with van der Waals surface area (Å²) in [6, 6.07) is 10.3. The molecular weight excluding hydrogens is 276 g/mol. The number of Topliss-reactive ketones (excluding diaryl/α,β-unsaturated/α-hetero) is 1. The number of benzene rings is 1. The van der Waals surface area contributed by atoms with E-state index in [1.807, 2.05) is 11.4 Å². The summed E-state index contributed by atoms with van der Waals surface area (Å²) in [6.45, 7) is 0. The largest absolute Gasteiger partial charge is 0.293 e. The summed E-state index contributed by atoms with van der Waals surface area (Å²) in [4.78, 5) is 11.9. The number of hydrogen-bond acceptors (Lipinski definition) is 3. The zero-order valence-corrected chi connectivity index (χ0v) is 11.1. The van der Waals surface area contributed by atoms with Gasteiger partial charge in [-0.2, -0.15) is 0 Å². The molecule has 0 aliphatic rings. The quantitative estimate of drug-likeness (QED) is 0.807. The molecule has 1 atom stereocenters. The number of ketones is 1. The zero-order chi connectivity index (χ0) is 12.3. The Hall–Kier alpha value is -0.970. The first-order chi connectivity index (χ1) is 8.16. The van der Waals surface area contributed by atoms with Gasteiger partial charge in [-0.05, 0) is 23.6 Å². The average molecular weight is 285 g/mol. The molecule has 1 aromatic heterocycles. The van der Waals surface area contributed by atoms with Gasteiger partial charge >= 0.3 is 0 Å². The van der Waals surface area contributed by atoms with Crippen molar-refractivity contribution in [2.45, 2.75) is 4.21 Å². The standard InChI is InChI=1S/C12H9ClO2S2/c13-10-4-1-3-9(7-10)11(14)8-17(15)12-5-2-6-16-12/h1-7H,8H2. The summed E-state index contributed by atoms with van der Waals surface area (Å²) in [5.74, 6) is -0.153. The van der Waals surface area contributed by atoms with Gasteiger partial charge in [-0.15, -0.1) is 11.3 Å². The molecule has 2 nitrogen and oxygen atoms in total. The third kappa shape index (κ3) is 3.25. The molecule has 0 aliphatic heterocycles. The smallest absolute Gasteiger partial charge is 0.175 e. The van der Waals surface area contributed by atoms with Gasteiger partial charge < -0.3 is 0 Å². The number of halogens is 1. The van der Waals surface area contributed by atoms with Gasteiger partial charge in [0, 0.05) is 10.6 Å². The lowest BCUT2D eigenvalue weighted by atomic mass is 10.1. The van der Waals surface area contributed by atoms with Crippen molar-refractivity contribution in [3.8, 4) is 0 Å². The van der Waals surface area contributed by atoms with Crippen LogP contribution < -0.4 is 0 Å². The molecule has 2 aromatic rings. The van der Waals surface area contributed by atoms with Crippen molar-refractivity contribution in [1.82, 2.24) is 0 Å². The molecular formula is C12H9ClO2S2. The van der Waals surface area contributed by atoms with Crippen LogP contribution in [0.15, 0.2) is 46.0 Å². The van der Waals surface area contributed by atoms with E-state index in [2.05, 4.69) is 0 Å². The minimum Gasteiger partial charge on any atom is -0.293 e. The summed E-state index contributed by atoms with van der Waals surface area (Å²) in [7, 11) is -1.26. The Morgan fingerprint density at radius 1 is 1.29 bits per heavy atom. The molecule has 1 aromatic carbocycles. The number of carbonyl (C=O) groups is 1. The summed E-state index contributed by atoms with van der Waals surface area (Å²) in [5, 5.41) is 2.36. The van der Waals surface area contributed by atoms with E-state index in [0.717, 1.165) is 4.21 Å². The highest BCUT2D eigenvalue weighted by Gasteiger charge is 2.13. The molecule has 17 heavy (non-hydrogen) atoms. The van der Waals surface area contributed by atoms with Gasteiger partial charge in [0.25, 0.3) is 0 Å². The lowest BCUT2D eigenvalue weighted by Crippen LogP contribution is -2.10. The van der Waals surface area contributed by atoms with Gasteiger partial charge in [-0.25, -0.2) is 0 Å². The normalized spacial score (nSPS) is 12.3. The second-order valence-electron chi connectivity index (χ2n) is 3.36. The lowest BCUT2D eigenvalue weighted by Gasteiger charge is -2.00. The van der Waals surface area contributed by atoms with Crippen molar-refractivity contribution in [1.29, 1.82) is 0 Å². The Labute approximate surface area is 111 Å². The second-order valence-corrected chi connectivity index (χ2v) is 6.42. The van der Waals surface area contributed by atoms with Crippen LogP contribution in [-0.4, -0.2) is 15.7 Å². The Bertz CT molecular complexity index is 549. The Balaban J connectivity index is 2.10. The Kier molecular flexibility index (Phi) is 4.10. The second kappa shape index (κ2) is 5.58. The van der Waals surface area contributed by atoms with E-state index in [0.29, 0.717) is 10.6 Å². The molecule has 0 aliphatic carbocycles. The van der Waals surface area contributed by atoms with Gasteiger partial charge in [0.1, 0.15) is 0 Å². The molecule has 1 heterocycles.